The van der Waals surface area contributed by atoms with Gasteiger partial charge >= 0.3 is 0 Å². The van der Waals surface area contributed by atoms with Gasteiger partial charge in [0.25, 0.3) is 0 Å². The topological polar surface area (TPSA) is 201 Å². The molecule has 0 aromatic rings. The van der Waals surface area contributed by atoms with E-state index in [1.165, 1.54) is 0 Å². The van der Waals surface area contributed by atoms with E-state index in [0.717, 1.165) is 0 Å². The summed E-state index contributed by atoms with van der Waals surface area (Å²) in [4.78, 5) is 0. The third-order valence-electron chi connectivity index (χ3n) is 10.8. The molecule has 0 aromatic heterocycles. The number of ether oxygens (including phenoxy) is 2. The highest BCUT2D eigenvalue weighted by atomic mass is 16.7. The molecule has 1 heterocycles. The van der Waals surface area contributed by atoms with E-state index in [4.69, 9.17) is 9.47 Å². The standard InChI is InChI=1S/C26H42O11/c1-10-11-5-6-12-20(33)25(11,9-24(12,4)34)7-14(28)26(35)15(10)17(30)21(23(26,2)3)37-22-19(32)18(31)16(29)13(8-27)36-22/h11-22,27-35H,1,5-9H2,2-4H3/t11-,12+,13+,14+,15+,16+,17+,18-,19+,20+,21-,22-,24+,25-,26+/m0/s1. The lowest BCUT2D eigenvalue weighted by molar-refractivity contribution is -0.325. The van der Waals surface area contributed by atoms with Crippen molar-refractivity contribution in [2.24, 2.45) is 28.6 Å². The number of fused-ring (bicyclic) bond motifs is 2. The van der Waals surface area contributed by atoms with Crippen molar-refractivity contribution in [1.82, 2.24) is 0 Å². The van der Waals surface area contributed by atoms with E-state index in [-0.39, 0.29) is 24.7 Å². The Bertz CT molecular complexity index is 922. The number of aliphatic hydroxyl groups is 9. The zero-order valence-electron chi connectivity index (χ0n) is 21.5. The van der Waals surface area contributed by atoms with Gasteiger partial charge in [0, 0.05) is 22.7 Å². The van der Waals surface area contributed by atoms with E-state index in [9.17, 15) is 46.0 Å². The lowest BCUT2D eigenvalue weighted by Gasteiger charge is -2.47. The first kappa shape index (κ1) is 27.9. The highest BCUT2D eigenvalue weighted by Crippen LogP contribution is 2.69. The van der Waals surface area contributed by atoms with Crippen LogP contribution in [0.5, 0.6) is 0 Å². The molecule has 0 aromatic carbocycles. The summed E-state index contributed by atoms with van der Waals surface area (Å²) >= 11 is 0. The minimum Gasteiger partial charge on any atom is -0.394 e. The molecule has 0 unspecified atom stereocenters. The van der Waals surface area contributed by atoms with Crippen LogP contribution in [0.4, 0.5) is 0 Å². The highest BCUT2D eigenvalue weighted by molar-refractivity contribution is 5.34. The minimum absolute atomic E-state index is 0.0135. The van der Waals surface area contributed by atoms with Gasteiger partial charge in [-0.15, -0.1) is 0 Å². The Labute approximate surface area is 216 Å². The Balaban J connectivity index is 1.50. The second-order valence-electron chi connectivity index (χ2n) is 13.0. The van der Waals surface area contributed by atoms with Crippen LogP contribution < -0.4 is 0 Å². The summed E-state index contributed by atoms with van der Waals surface area (Å²) < 4.78 is 11.5. The Morgan fingerprint density at radius 1 is 0.946 bits per heavy atom. The molecule has 0 radical (unpaired) electrons. The quantitative estimate of drug-likeness (QED) is 0.179. The molecule has 15 atom stereocenters. The van der Waals surface area contributed by atoms with Crippen molar-refractivity contribution in [3.05, 3.63) is 12.2 Å². The average molecular weight is 531 g/mol. The summed E-state index contributed by atoms with van der Waals surface area (Å²) in [6.45, 7) is 8.53. The minimum atomic E-state index is -1.96. The maximum absolute atomic E-state index is 12.2. The van der Waals surface area contributed by atoms with Crippen molar-refractivity contribution in [1.29, 1.82) is 0 Å². The van der Waals surface area contributed by atoms with Crippen molar-refractivity contribution in [2.75, 3.05) is 6.61 Å². The molecular weight excluding hydrogens is 488 g/mol. The van der Waals surface area contributed by atoms with Gasteiger partial charge in [0.1, 0.15) is 30.0 Å². The van der Waals surface area contributed by atoms with E-state index >= 15 is 0 Å². The largest absolute Gasteiger partial charge is 0.394 e. The second-order valence-corrected chi connectivity index (χ2v) is 13.0. The first-order valence-electron chi connectivity index (χ1n) is 13.2. The Morgan fingerprint density at radius 2 is 1.59 bits per heavy atom. The smallest absolute Gasteiger partial charge is 0.187 e. The molecule has 11 heteroatoms. The predicted molar refractivity (Wildman–Crippen MR) is 127 cm³/mol. The van der Waals surface area contributed by atoms with E-state index in [1.807, 2.05) is 0 Å². The molecule has 1 aliphatic heterocycles. The maximum atomic E-state index is 12.2. The van der Waals surface area contributed by atoms with Crippen LogP contribution in [-0.4, -0.2) is 119 Å². The van der Waals surface area contributed by atoms with Gasteiger partial charge in [-0.1, -0.05) is 26.0 Å². The van der Waals surface area contributed by atoms with Crippen LogP contribution in [0.15, 0.2) is 12.2 Å². The zero-order valence-corrected chi connectivity index (χ0v) is 21.5. The summed E-state index contributed by atoms with van der Waals surface area (Å²) in [5.41, 5.74) is -4.90. The molecule has 37 heavy (non-hydrogen) atoms. The van der Waals surface area contributed by atoms with Gasteiger partial charge in [-0.25, -0.2) is 0 Å². The van der Waals surface area contributed by atoms with Crippen molar-refractivity contribution in [2.45, 2.75) is 113 Å². The Morgan fingerprint density at radius 3 is 2.22 bits per heavy atom. The molecule has 5 fully saturated rings. The number of hydrogen-bond acceptors (Lipinski definition) is 11. The molecule has 0 amide bonds. The Hall–Kier alpha value is -0.700. The monoisotopic (exact) mass is 530 g/mol. The predicted octanol–water partition coefficient (Wildman–Crippen LogP) is -2.23. The molecule has 11 nitrogen and oxygen atoms in total. The summed E-state index contributed by atoms with van der Waals surface area (Å²) in [6, 6.07) is 0. The van der Waals surface area contributed by atoms with Crippen LogP contribution in [0.2, 0.25) is 0 Å². The molecule has 9 N–H and O–H groups in total. The Kier molecular flexibility index (Phi) is 6.51. The molecule has 5 aliphatic rings. The fourth-order valence-corrected chi connectivity index (χ4v) is 8.90. The lowest BCUT2D eigenvalue weighted by Crippen LogP contribution is -2.61. The van der Waals surface area contributed by atoms with Crippen LogP contribution in [0.3, 0.4) is 0 Å². The fourth-order valence-electron chi connectivity index (χ4n) is 8.90. The van der Waals surface area contributed by atoms with Crippen molar-refractivity contribution >= 4 is 0 Å². The van der Waals surface area contributed by atoms with E-state index in [0.29, 0.717) is 18.4 Å². The van der Waals surface area contributed by atoms with Gasteiger partial charge < -0.3 is 55.4 Å². The number of hydrogen-bond donors (Lipinski definition) is 9. The maximum Gasteiger partial charge on any atom is 0.187 e. The van der Waals surface area contributed by atoms with Gasteiger partial charge in [0.05, 0.1) is 36.6 Å². The normalized spacial score (nSPS) is 59.1. The molecule has 1 saturated heterocycles. The van der Waals surface area contributed by atoms with Crippen molar-refractivity contribution in [3.8, 4) is 0 Å². The first-order valence-corrected chi connectivity index (χ1v) is 13.2. The summed E-state index contributed by atoms with van der Waals surface area (Å²) in [7, 11) is 0. The van der Waals surface area contributed by atoms with E-state index in [1.54, 1.807) is 20.8 Å². The van der Waals surface area contributed by atoms with Gasteiger partial charge in [-0.2, -0.15) is 0 Å². The van der Waals surface area contributed by atoms with Crippen LogP contribution in [0.1, 0.15) is 46.5 Å². The van der Waals surface area contributed by atoms with Gasteiger partial charge in [0.2, 0.25) is 0 Å². The van der Waals surface area contributed by atoms with Gasteiger partial charge in [-0.05, 0) is 38.5 Å². The van der Waals surface area contributed by atoms with Crippen LogP contribution in [-0.2, 0) is 9.47 Å². The molecule has 2 bridgehead atoms. The molecule has 212 valence electrons. The summed E-state index contributed by atoms with van der Waals surface area (Å²) in [5.74, 6) is -1.81. The molecular formula is C26H42O11. The third-order valence-corrected chi connectivity index (χ3v) is 10.8. The number of aliphatic hydroxyl groups excluding tert-OH is 7. The first-order chi connectivity index (χ1) is 17.1. The third kappa shape index (κ3) is 3.46. The SMILES string of the molecule is C=C1[C@@H]2[C@@H](O)[C@H](O[C@@H]3O[C@H](CO)[C@@H](O)[C@H](O)[C@H]3O)C(C)(C)[C@@]2(O)[C@H](O)C[C@]23C[C@@](C)(O)[C@H](CC[C@@H]12)[C@H]3O. The second kappa shape index (κ2) is 8.65. The highest BCUT2D eigenvalue weighted by Gasteiger charge is 2.75. The summed E-state index contributed by atoms with van der Waals surface area (Å²) in [5, 5.41) is 98.2. The average Bonchev–Trinajstić information content (AvgIpc) is 2.99. The van der Waals surface area contributed by atoms with Crippen LogP contribution in [0.25, 0.3) is 0 Å². The zero-order chi connectivity index (χ0) is 27.5. The van der Waals surface area contributed by atoms with Gasteiger partial charge in [-0.3, -0.25) is 0 Å². The van der Waals surface area contributed by atoms with Gasteiger partial charge in [0.15, 0.2) is 6.29 Å². The van der Waals surface area contributed by atoms with E-state index < -0.39 is 89.7 Å². The molecule has 1 spiro atoms. The molecule has 4 aliphatic carbocycles. The van der Waals surface area contributed by atoms with Crippen LogP contribution >= 0.6 is 0 Å². The van der Waals surface area contributed by atoms with E-state index in [2.05, 4.69) is 6.58 Å². The lowest BCUT2D eigenvalue weighted by atomic mass is 9.61. The van der Waals surface area contributed by atoms with Crippen molar-refractivity contribution < 1.29 is 55.4 Å². The van der Waals surface area contributed by atoms with Crippen LogP contribution in [0, 0.1) is 28.6 Å². The fraction of sp³-hybridized carbons (Fsp3) is 0.923. The van der Waals surface area contributed by atoms with Crippen molar-refractivity contribution in [3.63, 3.8) is 0 Å². The summed E-state index contributed by atoms with van der Waals surface area (Å²) in [6.07, 6.45) is -11.4. The molecule has 5 rings (SSSR count). The number of rotatable bonds is 3. The molecule has 4 saturated carbocycles.